The van der Waals surface area contributed by atoms with Crippen LogP contribution in [-0.4, -0.2) is 41.2 Å². The summed E-state index contributed by atoms with van der Waals surface area (Å²) in [5.41, 5.74) is 2.84. The lowest BCUT2D eigenvalue weighted by Gasteiger charge is -2.35. The molecule has 0 saturated carbocycles. The highest BCUT2D eigenvalue weighted by Crippen LogP contribution is 2.19. The van der Waals surface area contributed by atoms with Crippen LogP contribution >= 0.6 is 0 Å². The van der Waals surface area contributed by atoms with Crippen molar-refractivity contribution >= 4 is 5.82 Å². The molecule has 0 radical (unpaired) electrons. The average Bonchev–Trinajstić information content (AvgIpc) is 2.63. The average molecular weight is 308 g/mol. The third-order valence-corrected chi connectivity index (χ3v) is 4.19. The molecule has 1 saturated heterocycles. The minimum atomic E-state index is 0.0876. The van der Waals surface area contributed by atoms with E-state index in [-0.39, 0.29) is 6.61 Å². The molecule has 3 rings (SSSR count). The third kappa shape index (κ3) is 3.67. The summed E-state index contributed by atoms with van der Waals surface area (Å²) in [6.07, 6.45) is 1.74. The number of nitrogens with zero attached hydrogens (tertiary/aromatic N) is 4. The Bertz CT molecular complexity index is 685. The zero-order valence-corrected chi connectivity index (χ0v) is 13.0. The molecule has 0 spiro atoms. The van der Waals surface area contributed by atoms with Crippen LogP contribution < -0.4 is 4.90 Å². The van der Waals surface area contributed by atoms with Gasteiger partial charge in [0, 0.05) is 38.9 Å². The van der Waals surface area contributed by atoms with Gasteiger partial charge in [-0.3, -0.25) is 4.90 Å². The largest absolute Gasteiger partial charge is 0.392 e. The number of hydrogen-bond acceptors (Lipinski definition) is 5. The lowest BCUT2D eigenvalue weighted by atomic mass is 10.1. The van der Waals surface area contributed by atoms with Crippen LogP contribution in [0, 0.1) is 11.3 Å². The molecule has 2 heterocycles. The first-order valence-corrected chi connectivity index (χ1v) is 7.81. The number of anilines is 1. The second kappa shape index (κ2) is 7.23. The van der Waals surface area contributed by atoms with Gasteiger partial charge in [-0.2, -0.15) is 5.26 Å². The van der Waals surface area contributed by atoms with E-state index in [0.29, 0.717) is 5.56 Å². The van der Waals surface area contributed by atoms with Crippen LogP contribution in [0.2, 0.25) is 0 Å². The molecule has 118 valence electrons. The summed E-state index contributed by atoms with van der Waals surface area (Å²) in [4.78, 5) is 8.95. The maximum atomic E-state index is 9.19. The number of piperazine rings is 1. The van der Waals surface area contributed by atoms with Crippen LogP contribution in [0.1, 0.15) is 16.7 Å². The van der Waals surface area contributed by atoms with Crippen molar-refractivity contribution < 1.29 is 5.11 Å². The summed E-state index contributed by atoms with van der Waals surface area (Å²) >= 11 is 0. The fourth-order valence-electron chi connectivity index (χ4n) is 2.86. The van der Waals surface area contributed by atoms with Crippen molar-refractivity contribution in [2.24, 2.45) is 0 Å². The van der Waals surface area contributed by atoms with Crippen LogP contribution in [0.5, 0.6) is 0 Å². The fraction of sp³-hybridized carbons (Fsp3) is 0.333. The van der Waals surface area contributed by atoms with Crippen molar-refractivity contribution in [1.29, 1.82) is 5.26 Å². The van der Waals surface area contributed by atoms with E-state index in [9.17, 15) is 5.26 Å². The molecule has 0 unspecified atom stereocenters. The Kier molecular flexibility index (Phi) is 4.86. The van der Waals surface area contributed by atoms with E-state index in [1.54, 1.807) is 12.3 Å². The first kappa shape index (κ1) is 15.5. The smallest absolute Gasteiger partial charge is 0.146 e. The molecule has 0 bridgehead atoms. The van der Waals surface area contributed by atoms with E-state index < -0.39 is 0 Å². The molecule has 5 heteroatoms. The Hall–Kier alpha value is -2.42. The standard InChI is InChI=1S/C18H20N4O/c19-12-17-2-1-7-20-18(17)22-10-8-21(9-11-22)13-15-3-5-16(14-23)6-4-15/h1-7,23H,8-11,13-14H2. The van der Waals surface area contributed by atoms with E-state index in [4.69, 9.17) is 5.11 Å². The molecule has 1 aromatic carbocycles. The lowest BCUT2D eigenvalue weighted by Crippen LogP contribution is -2.46. The number of aromatic nitrogens is 1. The summed E-state index contributed by atoms with van der Waals surface area (Å²) in [6.45, 7) is 4.64. The van der Waals surface area contributed by atoms with Crippen LogP contribution in [0.3, 0.4) is 0 Å². The van der Waals surface area contributed by atoms with Crippen molar-refractivity contribution in [3.8, 4) is 6.07 Å². The van der Waals surface area contributed by atoms with E-state index in [0.717, 1.165) is 44.1 Å². The molecular formula is C18H20N4O. The molecule has 2 aromatic rings. The summed E-state index contributed by atoms with van der Waals surface area (Å²) in [7, 11) is 0. The summed E-state index contributed by atoms with van der Waals surface area (Å²) in [5, 5.41) is 18.3. The van der Waals surface area contributed by atoms with Gasteiger partial charge in [-0.05, 0) is 23.3 Å². The predicted octanol–water partition coefficient (Wildman–Crippen LogP) is 1.77. The topological polar surface area (TPSA) is 63.4 Å². The second-order valence-electron chi connectivity index (χ2n) is 5.72. The van der Waals surface area contributed by atoms with Crippen molar-refractivity contribution in [3.05, 3.63) is 59.3 Å². The number of pyridine rings is 1. The van der Waals surface area contributed by atoms with Gasteiger partial charge < -0.3 is 10.0 Å². The minimum Gasteiger partial charge on any atom is -0.392 e. The van der Waals surface area contributed by atoms with Crippen molar-refractivity contribution in [2.45, 2.75) is 13.2 Å². The lowest BCUT2D eigenvalue weighted by molar-refractivity contribution is 0.249. The number of hydrogen-bond donors (Lipinski definition) is 1. The molecule has 1 aliphatic rings. The van der Waals surface area contributed by atoms with Crippen LogP contribution in [0.25, 0.3) is 0 Å². The van der Waals surface area contributed by atoms with Gasteiger partial charge in [-0.25, -0.2) is 4.98 Å². The molecule has 5 nitrogen and oxygen atoms in total. The van der Waals surface area contributed by atoms with Gasteiger partial charge in [0.05, 0.1) is 12.2 Å². The van der Waals surface area contributed by atoms with Gasteiger partial charge in [0.25, 0.3) is 0 Å². The first-order valence-electron chi connectivity index (χ1n) is 7.81. The first-order chi connectivity index (χ1) is 11.3. The summed E-state index contributed by atoms with van der Waals surface area (Å²) < 4.78 is 0. The predicted molar refractivity (Wildman–Crippen MR) is 88.8 cm³/mol. The molecular weight excluding hydrogens is 288 g/mol. The van der Waals surface area contributed by atoms with Crippen molar-refractivity contribution in [3.63, 3.8) is 0 Å². The van der Waals surface area contributed by atoms with Gasteiger partial charge >= 0.3 is 0 Å². The molecule has 1 N–H and O–H groups in total. The number of aliphatic hydroxyl groups is 1. The highest BCUT2D eigenvalue weighted by Gasteiger charge is 2.20. The van der Waals surface area contributed by atoms with Gasteiger partial charge in [-0.15, -0.1) is 0 Å². The van der Waals surface area contributed by atoms with Gasteiger partial charge in [0.2, 0.25) is 0 Å². The Morgan fingerprint density at radius 1 is 1.04 bits per heavy atom. The number of aliphatic hydroxyl groups excluding tert-OH is 1. The molecule has 1 fully saturated rings. The molecule has 1 aliphatic heterocycles. The van der Waals surface area contributed by atoms with E-state index in [1.807, 2.05) is 18.2 Å². The number of rotatable bonds is 4. The number of nitriles is 1. The Labute approximate surface area is 136 Å². The maximum absolute atomic E-state index is 9.19. The van der Waals surface area contributed by atoms with Crippen LogP contribution in [0.15, 0.2) is 42.6 Å². The van der Waals surface area contributed by atoms with Crippen molar-refractivity contribution in [2.75, 3.05) is 31.1 Å². The molecule has 1 aromatic heterocycles. The van der Waals surface area contributed by atoms with E-state index in [1.165, 1.54) is 5.56 Å². The van der Waals surface area contributed by atoms with Crippen molar-refractivity contribution in [1.82, 2.24) is 9.88 Å². The van der Waals surface area contributed by atoms with E-state index >= 15 is 0 Å². The van der Waals surface area contributed by atoms with E-state index in [2.05, 4.69) is 33.0 Å². The fourth-order valence-corrected chi connectivity index (χ4v) is 2.86. The van der Waals surface area contributed by atoms with Crippen LogP contribution in [0.4, 0.5) is 5.82 Å². The second-order valence-corrected chi connectivity index (χ2v) is 5.72. The zero-order chi connectivity index (χ0) is 16.1. The minimum absolute atomic E-state index is 0.0876. The Balaban J connectivity index is 1.59. The number of benzene rings is 1. The van der Waals surface area contributed by atoms with Gasteiger partial charge in [0.15, 0.2) is 0 Å². The SMILES string of the molecule is N#Cc1cccnc1N1CCN(Cc2ccc(CO)cc2)CC1. The maximum Gasteiger partial charge on any atom is 0.146 e. The highest BCUT2D eigenvalue weighted by molar-refractivity contribution is 5.53. The quantitative estimate of drug-likeness (QED) is 0.932. The normalized spacial score (nSPS) is 15.4. The molecule has 23 heavy (non-hydrogen) atoms. The molecule has 0 atom stereocenters. The van der Waals surface area contributed by atoms with Crippen LogP contribution in [-0.2, 0) is 13.2 Å². The highest BCUT2D eigenvalue weighted by atomic mass is 16.3. The van der Waals surface area contributed by atoms with Gasteiger partial charge in [-0.1, -0.05) is 24.3 Å². The summed E-state index contributed by atoms with van der Waals surface area (Å²) in [6, 6.07) is 13.9. The Morgan fingerprint density at radius 3 is 2.39 bits per heavy atom. The van der Waals surface area contributed by atoms with Gasteiger partial charge in [0.1, 0.15) is 11.9 Å². The molecule has 0 aliphatic carbocycles. The third-order valence-electron chi connectivity index (χ3n) is 4.19. The zero-order valence-electron chi connectivity index (χ0n) is 13.0. The Morgan fingerprint density at radius 2 is 1.74 bits per heavy atom. The summed E-state index contributed by atoms with van der Waals surface area (Å²) in [5.74, 6) is 0.793. The molecule has 0 amide bonds. The monoisotopic (exact) mass is 308 g/mol.